The zero-order chi connectivity index (χ0) is 26.3. The molecule has 0 aliphatic carbocycles. The molecule has 10 heteroatoms. The van der Waals surface area contributed by atoms with Gasteiger partial charge in [-0.1, -0.05) is 43.7 Å². The van der Waals surface area contributed by atoms with Crippen LogP contribution in [-0.4, -0.2) is 56.8 Å². The van der Waals surface area contributed by atoms with E-state index in [2.05, 4.69) is 5.32 Å². The topological polar surface area (TPSA) is 105 Å². The highest BCUT2D eigenvalue weighted by Crippen LogP contribution is 2.36. The monoisotopic (exact) mass is 517 g/mol. The van der Waals surface area contributed by atoms with Crippen LogP contribution in [0.4, 0.5) is 5.69 Å². The average Bonchev–Trinajstić information content (AvgIpc) is 3.33. The van der Waals surface area contributed by atoms with Gasteiger partial charge in [-0.3, -0.25) is 13.9 Å². The molecule has 0 saturated carbocycles. The first-order valence-corrected chi connectivity index (χ1v) is 13.8. The fourth-order valence-electron chi connectivity index (χ4n) is 4.05. The Kier molecular flexibility index (Phi) is 9.19. The number of nitrogens with zero attached hydrogens (tertiary/aromatic N) is 2. The van der Waals surface area contributed by atoms with E-state index >= 15 is 0 Å². The van der Waals surface area contributed by atoms with Crippen LogP contribution in [0.15, 0.2) is 42.5 Å². The Hall–Kier alpha value is -3.27. The van der Waals surface area contributed by atoms with Gasteiger partial charge in [0.25, 0.3) is 0 Å². The van der Waals surface area contributed by atoms with E-state index in [0.29, 0.717) is 30.2 Å². The number of sulfonamides is 1. The Morgan fingerprint density at radius 2 is 1.81 bits per heavy atom. The molecular weight excluding hydrogens is 482 g/mol. The molecule has 1 aliphatic heterocycles. The third-order valence-corrected chi connectivity index (χ3v) is 7.74. The number of nitrogens with one attached hydrogen (secondary N) is 1. The summed E-state index contributed by atoms with van der Waals surface area (Å²) in [4.78, 5) is 28.3. The van der Waals surface area contributed by atoms with Gasteiger partial charge in [0.05, 0.1) is 11.4 Å². The van der Waals surface area contributed by atoms with Crippen molar-refractivity contribution >= 4 is 27.5 Å². The molecule has 36 heavy (non-hydrogen) atoms. The molecule has 1 heterocycles. The predicted molar refractivity (Wildman–Crippen MR) is 138 cm³/mol. The van der Waals surface area contributed by atoms with Crippen LogP contribution in [0.5, 0.6) is 11.5 Å². The zero-order valence-electron chi connectivity index (χ0n) is 21.3. The van der Waals surface area contributed by atoms with Gasteiger partial charge < -0.3 is 19.7 Å². The lowest BCUT2D eigenvalue weighted by atomic mass is 10.1. The molecule has 1 atom stereocenters. The van der Waals surface area contributed by atoms with Crippen LogP contribution in [0.1, 0.15) is 44.7 Å². The number of aryl methyl sites for hydroxylation is 1. The Balaban J connectivity index is 1.96. The second kappa shape index (κ2) is 12.1. The van der Waals surface area contributed by atoms with Crippen LogP contribution in [0.25, 0.3) is 0 Å². The zero-order valence-corrected chi connectivity index (χ0v) is 22.1. The minimum Gasteiger partial charge on any atom is -0.454 e. The number of hydrogen-bond acceptors (Lipinski definition) is 6. The van der Waals surface area contributed by atoms with E-state index in [4.69, 9.17) is 9.47 Å². The van der Waals surface area contributed by atoms with Crippen LogP contribution in [0, 0.1) is 6.92 Å². The lowest BCUT2D eigenvalue weighted by Gasteiger charge is -2.33. The fraction of sp³-hybridized carbons (Fsp3) is 0.462. The van der Waals surface area contributed by atoms with Crippen LogP contribution in [-0.2, 0) is 26.2 Å². The summed E-state index contributed by atoms with van der Waals surface area (Å²) in [7, 11) is -3.82. The summed E-state index contributed by atoms with van der Waals surface area (Å²) in [6, 6.07) is 11.7. The lowest BCUT2D eigenvalue weighted by molar-refractivity contribution is -0.140. The number of benzene rings is 2. The first-order valence-electron chi connectivity index (χ1n) is 12.2. The molecule has 1 unspecified atom stereocenters. The maximum atomic E-state index is 13.8. The summed E-state index contributed by atoms with van der Waals surface area (Å²) in [5.41, 5.74) is 2.19. The van der Waals surface area contributed by atoms with Crippen molar-refractivity contribution in [2.45, 2.75) is 53.1 Å². The van der Waals surface area contributed by atoms with Gasteiger partial charge in [-0.15, -0.1) is 0 Å². The standard InChI is InChI=1S/C26H35N3O6S/c1-5-13-27-26(31)22(6-2)28(16-20-10-8-9-19(4)14-20)25(30)17-29(36(32,33)7-3)21-11-12-23-24(15-21)35-18-34-23/h8-12,14-15,22H,5-7,13,16-18H2,1-4H3,(H,27,31). The van der Waals surface area contributed by atoms with Crippen LogP contribution in [0.3, 0.4) is 0 Å². The number of rotatable bonds is 12. The second-order valence-electron chi connectivity index (χ2n) is 8.67. The normalized spacial score (nSPS) is 13.2. The van der Waals surface area contributed by atoms with Crippen molar-refractivity contribution in [1.82, 2.24) is 10.2 Å². The van der Waals surface area contributed by atoms with Crippen molar-refractivity contribution in [3.05, 3.63) is 53.6 Å². The molecule has 0 radical (unpaired) electrons. The molecule has 2 aromatic rings. The number of carbonyl (C=O) groups excluding carboxylic acids is 2. The fourth-order valence-corrected chi connectivity index (χ4v) is 5.11. The van der Waals surface area contributed by atoms with Crippen molar-refractivity contribution in [3.8, 4) is 11.5 Å². The highest BCUT2D eigenvalue weighted by atomic mass is 32.2. The summed E-state index contributed by atoms with van der Waals surface area (Å²) >= 11 is 0. The molecule has 2 aromatic carbocycles. The highest BCUT2D eigenvalue weighted by molar-refractivity contribution is 7.92. The number of anilines is 1. The van der Waals surface area contributed by atoms with Gasteiger partial charge in [-0.2, -0.15) is 0 Å². The van der Waals surface area contributed by atoms with E-state index in [9.17, 15) is 18.0 Å². The van der Waals surface area contributed by atoms with Gasteiger partial charge in [0.2, 0.25) is 28.6 Å². The smallest absolute Gasteiger partial charge is 0.244 e. The highest BCUT2D eigenvalue weighted by Gasteiger charge is 2.33. The summed E-state index contributed by atoms with van der Waals surface area (Å²) in [6.45, 7) is 7.55. The first kappa shape index (κ1) is 27.3. The summed E-state index contributed by atoms with van der Waals surface area (Å²) in [5.74, 6) is 0.00997. The average molecular weight is 518 g/mol. The molecule has 0 saturated heterocycles. The predicted octanol–water partition coefficient (Wildman–Crippen LogP) is 3.21. The second-order valence-corrected chi connectivity index (χ2v) is 10.9. The van der Waals surface area contributed by atoms with E-state index < -0.39 is 28.5 Å². The van der Waals surface area contributed by atoms with E-state index in [1.807, 2.05) is 45.0 Å². The van der Waals surface area contributed by atoms with Crippen LogP contribution in [0.2, 0.25) is 0 Å². The molecule has 0 spiro atoms. The number of amides is 2. The quantitative estimate of drug-likeness (QED) is 0.464. The van der Waals surface area contributed by atoms with Crippen molar-refractivity contribution in [2.75, 3.05) is 29.9 Å². The molecule has 1 N–H and O–H groups in total. The molecule has 0 bridgehead atoms. The molecule has 1 aliphatic rings. The van der Waals surface area contributed by atoms with Crippen molar-refractivity contribution < 1.29 is 27.5 Å². The SMILES string of the molecule is CCCNC(=O)C(CC)N(Cc1cccc(C)c1)C(=O)CN(c1ccc2c(c1)OCO2)S(=O)(=O)CC. The molecular formula is C26H35N3O6S. The summed E-state index contributed by atoms with van der Waals surface area (Å²) in [5, 5.41) is 2.88. The summed E-state index contributed by atoms with van der Waals surface area (Å²) < 4.78 is 38.0. The first-order chi connectivity index (χ1) is 17.2. The van der Waals surface area contributed by atoms with Gasteiger partial charge >= 0.3 is 0 Å². The molecule has 9 nitrogen and oxygen atoms in total. The summed E-state index contributed by atoms with van der Waals surface area (Å²) in [6.07, 6.45) is 1.15. The van der Waals surface area contributed by atoms with Crippen molar-refractivity contribution in [3.63, 3.8) is 0 Å². The van der Waals surface area contributed by atoms with Gasteiger partial charge in [0.15, 0.2) is 11.5 Å². The van der Waals surface area contributed by atoms with Gasteiger partial charge in [-0.25, -0.2) is 8.42 Å². The minimum atomic E-state index is -3.82. The maximum Gasteiger partial charge on any atom is 0.244 e. The Bertz CT molecular complexity index is 1180. The number of fused-ring (bicyclic) bond motifs is 1. The molecule has 0 fully saturated rings. The number of ether oxygens (including phenoxy) is 2. The van der Waals surface area contributed by atoms with Gasteiger partial charge in [0.1, 0.15) is 12.6 Å². The Morgan fingerprint density at radius 1 is 1.06 bits per heavy atom. The van der Waals surface area contributed by atoms with Crippen LogP contribution >= 0.6 is 0 Å². The van der Waals surface area contributed by atoms with Crippen molar-refractivity contribution in [2.24, 2.45) is 0 Å². The maximum absolute atomic E-state index is 13.8. The molecule has 0 aromatic heterocycles. The van der Waals surface area contributed by atoms with Gasteiger partial charge in [-0.05, 0) is 44.4 Å². The molecule has 2 amide bonds. The molecule has 3 rings (SSSR count). The molecule has 196 valence electrons. The number of hydrogen-bond donors (Lipinski definition) is 1. The Morgan fingerprint density at radius 3 is 2.47 bits per heavy atom. The van der Waals surface area contributed by atoms with E-state index in [1.165, 1.54) is 11.8 Å². The third kappa shape index (κ3) is 6.48. The number of carbonyl (C=O) groups is 2. The Labute approximate surface area is 213 Å². The largest absolute Gasteiger partial charge is 0.454 e. The van der Waals surface area contributed by atoms with Crippen LogP contribution < -0.4 is 19.1 Å². The third-order valence-electron chi connectivity index (χ3n) is 5.99. The van der Waals surface area contributed by atoms with E-state index in [-0.39, 0.29) is 25.0 Å². The minimum absolute atomic E-state index is 0.0492. The van der Waals surface area contributed by atoms with Gasteiger partial charge in [0, 0.05) is 19.2 Å². The van der Waals surface area contributed by atoms with Crippen molar-refractivity contribution in [1.29, 1.82) is 0 Å². The lowest BCUT2D eigenvalue weighted by Crippen LogP contribution is -2.52. The van der Waals surface area contributed by atoms with E-state index in [0.717, 1.165) is 21.9 Å². The van der Waals surface area contributed by atoms with E-state index in [1.54, 1.807) is 18.2 Å².